The zero-order valence-corrected chi connectivity index (χ0v) is 8.27. The molecule has 0 spiro atoms. The predicted molar refractivity (Wildman–Crippen MR) is 56.8 cm³/mol. The van der Waals surface area contributed by atoms with Crippen molar-refractivity contribution in [3.05, 3.63) is 40.7 Å². The van der Waals surface area contributed by atoms with Crippen LogP contribution >= 0.6 is 23.1 Å². The number of hydrogen-bond donors (Lipinski definition) is 1. The van der Waals surface area contributed by atoms with Crippen molar-refractivity contribution < 1.29 is 0 Å². The molecule has 0 unspecified atom stereocenters. The molecule has 0 aliphatic rings. The van der Waals surface area contributed by atoms with Crippen molar-refractivity contribution in [1.82, 2.24) is 4.37 Å². The summed E-state index contributed by atoms with van der Waals surface area (Å²) >= 11 is 7.02. The Bertz CT molecular complexity index is 386. The van der Waals surface area contributed by atoms with Gasteiger partial charge in [0.05, 0.1) is 0 Å². The van der Waals surface area contributed by atoms with Crippen LogP contribution in [0, 0.1) is 0 Å². The van der Waals surface area contributed by atoms with Gasteiger partial charge in [-0.25, -0.2) is 0 Å². The summed E-state index contributed by atoms with van der Waals surface area (Å²) in [4.78, 5) is 0. The summed E-state index contributed by atoms with van der Waals surface area (Å²) in [6, 6.07) is 11.7. The Kier molecular flexibility index (Phi) is 2.47. The zero-order valence-electron chi connectivity index (χ0n) is 6.70. The van der Waals surface area contributed by atoms with E-state index in [1.165, 1.54) is 11.5 Å². The number of nitrogens with one attached hydrogen (secondary N) is 1. The molecule has 4 heteroatoms. The van der Waals surface area contributed by atoms with E-state index in [2.05, 4.69) is 9.69 Å². The minimum atomic E-state index is 0.693. The highest BCUT2D eigenvalue weighted by Gasteiger charge is 1.98. The second kappa shape index (κ2) is 3.77. The van der Waals surface area contributed by atoms with Crippen LogP contribution in [0.1, 0.15) is 0 Å². The van der Waals surface area contributed by atoms with Gasteiger partial charge >= 0.3 is 0 Å². The summed E-state index contributed by atoms with van der Waals surface area (Å²) in [5.41, 5.74) is 1.02. The van der Waals surface area contributed by atoms with E-state index in [1.807, 2.05) is 30.3 Å². The molecule has 0 aliphatic heterocycles. The summed E-state index contributed by atoms with van der Waals surface area (Å²) in [5, 5.41) is 3.14. The molecule has 1 N–H and O–H groups in total. The van der Waals surface area contributed by atoms with E-state index in [9.17, 15) is 0 Å². The van der Waals surface area contributed by atoms with Crippen molar-refractivity contribution in [3.8, 4) is 0 Å². The summed E-state index contributed by atoms with van der Waals surface area (Å²) < 4.78 is 4.80. The third kappa shape index (κ3) is 2.20. The van der Waals surface area contributed by atoms with Gasteiger partial charge in [0, 0.05) is 11.8 Å². The van der Waals surface area contributed by atoms with Crippen LogP contribution in [-0.4, -0.2) is 4.37 Å². The molecule has 0 radical (unpaired) electrons. The topological polar surface area (TPSA) is 24.9 Å². The highest BCUT2D eigenvalue weighted by atomic mass is 35.5. The van der Waals surface area contributed by atoms with Gasteiger partial charge in [0.2, 0.25) is 0 Å². The molecule has 1 aromatic heterocycles. The van der Waals surface area contributed by atoms with E-state index in [4.69, 9.17) is 11.6 Å². The van der Waals surface area contributed by atoms with E-state index in [0.29, 0.717) is 4.34 Å². The second-order valence-corrected chi connectivity index (χ2v) is 3.94. The smallest absolute Gasteiger partial charge is 0.145 e. The van der Waals surface area contributed by atoms with E-state index < -0.39 is 0 Å². The van der Waals surface area contributed by atoms with Gasteiger partial charge in [0.25, 0.3) is 0 Å². The Morgan fingerprint density at radius 1 is 1.23 bits per heavy atom. The first kappa shape index (κ1) is 8.53. The van der Waals surface area contributed by atoms with Gasteiger partial charge in [-0.05, 0) is 23.7 Å². The van der Waals surface area contributed by atoms with E-state index in [0.717, 1.165) is 11.5 Å². The summed E-state index contributed by atoms with van der Waals surface area (Å²) in [5.74, 6) is 0.793. The standard InChI is InChI=1S/C9H7ClN2S/c10-8-6-9(12-13-8)11-7-4-2-1-3-5-7/h1-6H,(H,11,12). The number of para-hydroxylation sites is 1. The fourth-order valence-corrected chi connectivity index (χ4v) is 1.64. The molecule has 2 aromatic rings. The van der Waals surface area contributed by atoms with Crippen LogP contribution < -0.4 is 5.32 Å². The van der Waals surface area contributed by atoms with Crippen molar-refractivity contribution in [2.24, 2.45) is 0 Å². The van der Waals surface area contributed by atoms with Crippen LogP contribution in [-0.2, 0) is 0 Å². The normalized spacial score (nSPS) is 9.92. The molecule has 0 bridgehead atoms. The number of benzene rings is 1. The molecule has 1 aromatic carbocycles. The second-order valence-electron chi connectivity index (χ2n) is 2.51. The lowest BCUT2D eigenvalue weighted by molar-refractivity contribution is 1.47. The monoisotopic (exact) mass is 210 g/mol. The maximum atomic E-state index is 5.74. The first-order valence-corrected chi connectivity index (χ1v) is 4.94. The molecule has 0 aliphatic carbocycles. The first-order valence-electron chi connectivity index (χ1n) is 3.79. The summed E-state index contributed by atoms with van der Waals surface area (Å²) in [6.45, 7) is 0. The molecule has 0 saturated carbocycles. The molecular weight excluding hydrogens is 204 g/mol. The number of hydrogen-bond acceptors (Lipinski definition) is 3. The highest BCUT2D eigenvalue weighted by Crippen LogP contribution is 2.22. The molecule has 0 saturated heterocycles. The third-order valence-corrected chi connectivity index (χ3v) is 2.42. The Hall–Kier alpha value is -1.06. The average molecular weight is 211 g/mol. The lowest BCUT2D eigenvalue weighted by Gasteiger charge is -2.00. The Balaban J connectivity index is 2.15. The van der Waals surface area contributed by atoms with Crippen molar-refractivity contribution in [2.45, 2.75) is 0 Å². The van der Waals surface area contributed by atoms with Crippen LogP contribution in [0.25, 0.3) is 0 Å². The van der Waals surface area contributed by atoms with Gasteiger partial charge in [0.1, 0.15) is 10.2 Å². The summed E-state index contributed by atoms with van der Waals surface area (Å²) in [7, 11) is 0. The van der Waals surface area contributed by atoms with Crippen molar-refractivity contribution in [2.75, 3.05) is 5.32 Å². The summed E-state index contributed by atoms with van der Waals surface area (Å²) in [6.07, 6.45) is 0. The molecular formula is C9H7ClN2S. The molecule has 0 amide bonds. The Labute approximate surface area is 85.3 Å². The number of halogens is 1. The van der Waals surface area contributed by atoms with Gasteiger partial charge in [0.15, 0.2) is 0 Å². The predicted octanol–water partition coefficient (Wildman–Crippen LogP) is 3.54. The molecule has 1 heterocycles. The minimum Gasteiger partial charge on any atom is -0.339 e. The van der Waals surface area contributed by atoms with Crippen molar-refractivity contribution >= 4 is 34.6 Å². The van der Waals surface area contributed by atoms with Crippen molar-refractivity contribution in [1.29, 1.82) is 0 Å². The highest BCUT2D eigenvalue weighted by molar-refractivity contribution is 7.10. The quantitative estimate of drug-likeness (QED) is 0.820. The third-order valence-electron chi connectivity index (χ3n) is 1.53. The minimum absolute atomic E-state index is 0.693. The van der Waals surface area contributed by atoms with E-state index >= 15 is 0 Å². The van der Waals surface area contributed by atoms with Gasteiger partial charge < -0.3 is 5.32 Å². The molecule has 2 rings (SSSR count). The lowest BCUT2D eigenvalue weighted by atomic mass is 10.3. The van der Waals surface area contributed by atoms with Gasteiger partial charge in [-0.3, -0.25) is 0 Å². The molecule has 0 atom stereocenters. The first-order chi connectivity index (χ1) is 6.34. The fourth-order valence-electron chi connectivity index (χ4n) is 0.981. The molecule has 13 heavy (non-hydrogen) atoms. The van der Waals surface area contributed by atoms with Gasteiger partial charge in [-0.15, -0.1) is 0 Å². The number of rotatable bonds is 2. The number of nitrogens with zero attached hydrogens (tertiary/aromatic N) is 1. The average Bonchev–Trinajstić information content (AvgIpc) is 2.53. The van der Waals surface area contributed by atoms with Gasteiger partial charge in [-0.2, -0.15) is 4.37 Å². The van der Waals surface area contributed by atoms with E-state index in [1.54, 1.807) is 6.07 Å². The molecule has 2 nitrogen and oxygen atoms in total. The SMILES string of the molecule is Clc1cc(Nc2ccccc2)ns1. The maximum absolute atomic E-state index is 5.74. The zero-order chi connectivity index (χ0) is 9.10. The Morgan fingerprint density at radius 3 is 2.62 bits per heavy atom. The largest absolute Gasteiger partial charge is 0.339 e. The van der Waals surface area contributed by atoms with Gasteiger partial charge in [-0.1, -0.05) is 29.8 Å². The number of aromatic nitrogens is 1. The van der Waals surface area contributed by atoms with E-state index in [-0.39, 0.29) is 0 Å². The Morgan fingerprint density at radius 2 is 2.00 bits per heavy atom. The van der Waals surface area contributed by atoms with Crippen LogP contribution in [0.15, 0.2) is 36.4 Å². The maximum Gasteiger partial charge on any atom is 0.145 e. The number of anilines is 2. The van der Waals surface area contributed by atoms with Crippen LogP contribution in [0.3, 0.4) is 0 Å². The van der Waals surface area contributed by atoms with Crippen molar-refractivity contribution in [3.63, 3.8) is 0 Å². The molecule has 66 valence electrons. The van der Waals surface area contributed by atoms with Crippen LogP contribution in [0.4, 0.5) is 11.5 Å². The molecule has 0 fully saturated rings. The van der Waals surface area contributed by atoms with Crippen LogP contribution in [0.5, 0.6) is 0 Å². The lowest BCUT2D eigenvalue weighted by Crippen LogP contribution is -1.87. The fraction of sp³-hybridized carbons (Fsp3) is 0. The van der Waals surface area contributed by atoms with Crippen LogP contribution in [0.2, 0.25) is 4.34 Å².